The standard InChI is InChI=1S/C16H25F2NOSi/c1-16(2,21(3,4)20)9-11-7-15(19-10-11)13-8-12(17)5-6-14(13)18/h5-6,8,11,15,19-20H,7,9-10H2,1-4H3/t11-,15?/m0/s1. The van der Waals surface area contributed by atoms with Gasteiger partial charge in [0, 0.05) is 11.6 Å². The molecule has 0 saturated carbocycles. The molecule has 2 atom stereocenters. The maximum atomic E-state index is 13.8. The Bertz CT molecular complexity index is 513. The molecule has 118 valence electrons. The van der Waals surface area contributed by atoms with Crippen molar-refractivity contribution in [2.24, 2.45) is 5.92 Å². The summed E-state index contributed by atoms with van der Waals surface area (Å²) in [5, 5.41) is 3.20. The molecule has 21 heavy (non-hydrogen) atoms. The molecule has 1 saturated heterocycles. The fourth-order valence-corrected chi connectivity index (χ4v) is 3.74. The molecule has 1 unspecified atom stereocenters. The molecular formula is C16H25F2NOSi. The quantitative estimate of drug-likeness (QED) is 0.824. The molecule has 0 aliphatic carbocycles. The van der Waals surface area contributed by atoms with E-state index in [0.29, 0.717) is 11.5 Å². The summed E-state index contributed by atoms with van der Waals surface area (Å²) in [4.78, 5) is 10.4. The van der Waals surface area contributed by atoms with Crippen LogP contribution in [0.1, 0.15) is 38.3 Å². The Balaban J connectivity index is 2.06. The van der Waals surface area contributed by atoms with Crippen LogP contribution in [-0.2, 0) is 0 Å². The average molecular weight is 313 g/mol. The van der Waals surface area contributed by atoms with Crippen LogP contribution >= 0.6 is 0 Å². The monoisotopic (exact) mass is 313 g/mol. The number of halogens is 2. The Morgan fingerprint density at radius 1 is 1.33 bits per heavy atom. The minimum absolute atomic E-state index is 0.0886. The first-order valence-electron chi connectivity index (χ1n) is 7.51. The van der Waals surface area contributed by atoms with Gasteiger partial charge in [0.1, 0.15) is 11.6 Å². The number of benzene rings is 1. The third kappa shape index (κ3) is 3.70. The first kappa shape index (κ1) is 16.6. The van der Waals surface area contributed by atoms with Crippen molar-refractivity contribution in [1.82, 2.24) is 5.32 Å². The topological polar surface area (TPSA) is 32.3 Å². The molecule has 1 aromatic rings. The van der Waals surface area contributed by atoms with E-state index in [1.165, 1.54) is 12.1 Å². The highest BCUT2D eigenvalue weighted by atomic mass is 28.4. The van der Waals surface area contributed by atoms with Gasteiger partial charge in [-0.25, -0.2) is 8.78 Å². The fourth-order valence-electron chi connectivity index (χ4n) is 2.95. The first-order chi connectivity index (χ1) is 9.60. The van der Waals surface area contributed by atoms with Gasteiger partial charge in [-0.1, -0.05) is 13.8 Å². The van der Waals surface area contributed by atoms with Crippen LogP contribution in [0.2, 0.25) is 18.1 Å². The van der Waals surface area contributed by atoms with Crippen LogP contribution in [0, 0.1) is 17.6 Å². The van der Waals surface area contributed by atoms with Gasteiger partial charge < -0.3 is 10.1 Å². The summed E-state index contributed by atoms with van der Waals surface area (Å²) in [5.41, 5.74) is 0.413. The largest absolute Gasteiger partial charge is 0.432 e. The molecule has 0 bridgehead atoms. The van der Waals surface area contributed by atoms with Gasteiger partial charge in [-0.05, 0) is 61.6 Å². The Morgan fingerprint density at radius 3 is 2.62 bits per heavy atom. The van der Waals surface area contributed by atoms with Crippen molar-refractivity contribution in [3.8, 4) is 0 Å². The molecule has 1 aromatic carbocycles. The summed E-state index contributed by atoms with van der Waals surface area (Å²) in [7, 11) is -2.24. The summed E-state index contributed by atoms with van der Waals surface area (Å²) in [5.74, 6) is -0.377. The lowest BCUT2D eigenvalue weighted by Gasteiger charge is -2.37. The zero-order valence-corrected chi connectivity index (χ0v) is 14.2. The van der Waals surface area contributed by atoms with Crippen molar-refractivity contribution in [2.75, 3.05) is 6.54 Å². The lowest BCUT2D eigenvalue weighted by Crippen LogP contribution is -2.40. The van der Waals surface area contributed by atoms with Gasteiger partial charge in [-0.15, -0.1) is 0 Å². The highest BCUT2D eigenvalue weighted by Gasteiger charge is 2.41. The molecule has 1 aliphatic heterocycles. The molecule has 2 nitrogen and oxygen atoms in total. The predicted molar refractivity (Wildman–Crippen MR) is 83.6 cm³/mol. The van der Waals surface area contributed by atoms with Crippen LogP contribution in [0.15, 0.2) is 18.2 Å². The number of hydrogen-bond acceptors (Lipinski definition) is 2. The van der Waals surface area contributed by atoms with Crippen LogP contribution in [0.4, 0.5) is 8.78 Å². The predicted octanol–water partition coefficient (Wildman–Crippen LogP) is 3.98. The lowest BCUT2D eigenvalue weighted by molar-refractivity contribution is 0.386. The zero-order chi connectivity index (χ0) is 15.8. The molecule has 0 radical (unpaired) electrons. The van der Waals surface area contributed by atoms with E-state index >= 15 is 0 Å². The van der Waals surface area contributed by atoms with E-state index in [0.717, 1.165) is 25.5 Å². The number of rotatable bonds is 4. The molecule has 0 spiro atoms. The fraction of sp³-hybridized carbons (Fsp3) is 0.625. The molecule has 1 heterocycles. The van der Waals surface area contributed by atoms with Crippen molar-refractivity contribution in [2.45, 2.75) is 50.9 Å². The van der Waals surface area contributed by atoms with Crippen LogP contribution in [0.3, 0.4) is 0 Å². The number of hydrogen-bond donors (Lipinski definition) is 2. The SMILES string of the molecule is CC(C)(C[C@H]1CNC(c2cc(F)ccc2F)C1)[Si](C)(C)O. The normalized spacial score (nSPS) is 23.6. The van der Waals surface area contributed by atoms with Crippen molar-refractivity contribution in [1.29, 1.82) is 0 Å². The van der Waals surface area contributed by atoms with Crippen LogP contribution in [0.25, 0.3) is 0 Å². The van der Waals surface area contributed by atoms with E-state index in [4.69, 9.17) is 0 Å². The Kier molecular flexibility index (Phi) is 4.56. The molecule has 1 fully saturated rings. The number of nitrogens with one attached hydrogen (secondary N) is 1. The van der Waals surface area contributed by atoms with Gasteiger partial charge in [0.25, 0.3) is 0 Å². The molecule has 0 amide bonds. The minimum Gasteiger partial charge on any atom is -0.432 e. The Morgan fingerprint density at radius 2 is 2.00 bits per heavy atom. The summed E-state index contributed by atoms with van der Waals surface area (Å²) in [6, 6.07) is 3.48. The maximum absolute atomic E-state index is 13.8. The zero-order valence-electron chi connectivity index (χ0n) is 13.2. The van der Waals surface area contributed by atoms with Gasteiger partial charge in [0.2, 0.25) is 0 Å². The van der Waals surface area contributed by atoms with Crippen LogP contribution in [0.5, 0.6) is 0 Å². The second kappa shape index (κ2) is 5.78. The van der Waals surface area contributed by atoms with Gasteiger partial charge >= 0.3 is 0 Å². The van der Waals surface area contributed by atoms with Gasteiger partial charge in [0.05, 0.1) is 0 Å². The smallest absolute Gasteiger partial charge is 0.188 e. The van der Waals surface area contributed by atoms with E-state index in [1.807, 2.05) is 13.1 Å². The van der Waals surface area contributed by atoms with E-state index < -0.39 is 14.1 Å². The molecule has 2 rings (SSSR count). The van der Waals surface area contributed by atoms with Crippen molar-refractivity contribution >= 4 is 8.32 Å². The third-order valence-corrected chi connectivity index (χ3v) is 8.53. The first-order valence-corrected chi connectivity index (χ1v) is 10.5. The summed E-state index contributed by atoms with van der Waals surface area (Å²) < 4.78 is 27.1. The van der Waals surface area contributed by atoms with Crippen molar-refractivity contribution in [3.63, 3.8) is 0 Å². The average Bonchev–Trinajstić information content (AvgIpc) is 2.78. The van der Waals surface area contributed by atoms with Gasteiger partial charge in [-0.3, -0.25) is 0 Å². The van der Waals surface area contributed by atoms with E-state index in [9.17, 15) is 13.6 Å². The lowest BCUT2D eigenvalue weighted by atomic mass is 9.92. The molecule has 1 aliphatic rings. The highest BCUT2D eigenvalue weighted by Crippen LogP contribution is 2.44. The Hall–Kier alpha value is -0.783. The van der Waals surface area contributed by atoms with Gasteiger partial charge in [0.15, 0.2) is 8.32 Å². The van der Waals surface area contributed by atoms with Crippen LogP contribution < -0.4 is 5.32 Å². The highest BCUT2D eigenvalue weighted by molar-refractivity contribution is 6.72. The summed E-state index contributed by atoms with van der Waals surface area (Å²) >= 11 is 0. The van der Waals surface area contributed by atoms with E-state index in [-0.39, 0.29) is 16.9 Å². The van der Waals surface area contributed by atoms with Crippen molar-refractivity contribution in [3.05, 3.63) is 35.4 Å². The maximum Gasteiger partial charge on any atom is 0.188 e. The van der Waals surface area contributed by atoms with Crippen LogP contribution in [-0.4, -0.2) is 19.7 Å². The molecular weight excluding hydrogens is 288 g/mol. The molecule has 0 aromatic heterocycles. The summed E-state index contributed by atoms with van der Waals surface area (Å²) in [6.07, 6.45) is 1.69. The Labute approximate surface area is 126 Å². The molecule has 2 N–H and O–H groups in total. The summed E-state index contributed by atoms with van der Waals surface area (Å²) in [6.45, 7) is 8.91. The van der Waals surface area contributed by atoms with Gasteiger partial charge in [-0.2, -0.15) is 0 Å². The van der Waals surface area contributed by atoms with E-state index in [1.54, 1.807) is 0 Å². The second-order valence-corrected chi connectivity index (χ2v) is 11.8. The molecule has 5 heteroatoms. The van der Waals surface area contributed by atoms with Crippen molar-refractivity contribution < 1.29 is 13.6 Å². The third-order valence-electron chi connectivity index (χ3n) is 5.01. The van der Waals surface area contributed by atoms with E-state index in [2.05, 4.69) is 19.2 Å². The second-order valence-electron chi connectivity index (χ2n) is 7.38. The minimum atomic E-state index is -2.24.